The first-order valence-electron chi connectivity index (χ1n) is 7.27. The smallest absolute Gasteiger partial charge is 0.161 e. The van der Waals surface area contributed by atoms with E-state index < -0.39 is 0 Å². The second-order valence-corrected chi connectivity index (χ2v) is 5.68. The summed E-state index contributed by atoms with van der Waals surface area (Å²) in [5.41, 5.74) is 3.32. The standard InChI is InChI=1S/C19H16O2/c20-16-11-14-8-4-7-13-9-10-15(12-5-2-1-3-6-12)18(17(13)14)19(16)21/h1-8,11,15,20-21H,9-10H2/t15-/m1/s1. The molecule has 2 nitrogen and oxygen atoms in total. The molecule has 1 aliphatic carbocycles. The van der Waals surface area contributed by atoms with Crippen LogP contribution < -0.4 is 0 Å². The predicted molar refractivity (Wildman–Crippen MR) is 83.9 cm³/mol. The molecule has 0 heterocycles. The van der Waals surface area contributed by atoms with E-state index in [2.05, 4.69) is 18.2 Å². The van der Waals surface area contributed by atoms with Crippen LogP contribution in [0.1, 0.15) is 29.0 Å². The summed E-state index contributed by atoms with van der Waals surface area (Å²) in [7, 11) is 0. The van der Waals surface area contributed by atoms with Crippen molar-refractivity contribution in [2.24, 2.45) is 0 Å². The van der Waals surface area contributed by atoms with Gasteiger partial charge in [-0.2, -0.15) is 0 Å². The Morgan fingerprint density at radius 3 is 2.52 bits per heavy atom. The molecule has 0 unspecified atom stereocenters. The van der Waals surface area contributed by atoms with Crippen LogP contribution in [0.2, 0.25) is 0 Å². The summed E-state index contributed by atoms with van der Waals surface area (Å²) >= 11 is 0. The van der Waals surface area contributed by atoms with Gasteiger partial charge in [-0.1, -0.05) is 48.5 Å². The molecule has 2 heteroatoms. The van der Waals surface area contributed by atoms with Crippen LogP contribution in [0.15, 0.2) is 54.6 Å². The van der Waals surface area contributed by atoms with Crippen molar-refractivity contribution in [2.45, 2.75) is 18.8 Å². The number of hydrogen-bond acceptors (Lipinski definition) is 2. The van der Waals surface area contributed by atoms with E-state index in [9.17, 15) is 10.2 Å². The number of phenols is 2. The van der Waals surface area contributed by atoms with Gasteiger partial charge in [0.25, 0.3) is 0 Å². The van der Waals surface area contributed by atoms with E-state index in [0.29, 0.717) is 0 Å². The van der Waals surface area contributed by atoms with E-state index >= 15 is 0 Å². The van der Waals surface area contributed by atoms with Crippen molar-refractivity contribution in [1.29, 1.82) is 0 Å². The Morgan fingerprint density at radius 2 is 1.71 bits per heavy atom. The van der Waals surface area contributed by atoms with Crippen molar-refractivity contribution >= 4 is 10.8 Å². The van der Waals surface area contributed by atoms with Crippen LogP contribution in [0.4, 0.5) is 0 Å². The fraction of sp³-hybridized carbons (Fsp3) is 0.158. The van der Waals surface area contributed by atoms with E-state index in [1.165, 1.54) is 11.1 Å². The van der Waals surface area contributed by atoms with Crippen molar-refractivity contribution in [1.82, 2.24) is 0 Å². The lowest BCUT2D eigenvalue weighted by atomic mass is 9.77. The predicted octanol–water partition coefficient (Wildman–Crippen LogP) is 4.33. The molecule has 3 aromatic carbocycles. The lowest BCUT2D eigenvalue weighted by Gasteiger charge is -2.27. The highest BCUT2D eigenvalue weighted by molar-refractivity contribution is 5.94. The molecule has 2 N–H and O–H groups in total. The average Bonchev–Trinajstić information content (AvgIpc) is 2.53. The minimum absolute atomic E-state index is 0.0301. The summed E-state index contributed by atoms with van der Waals surface area (Å²) in [5.74, 6) is 0.136. The highest BCUT2D eigenvalue weighted by Crippen LogP contribution is 2.48. The molecule has 3 aromatic rings. The van der Waals surface area contributed by atoms with E-state index in [1.54, 1.807) is 6.07 Å². The van der Waals surface area contributed by atoms with Crippen molar-refractivity contribution in [3.63, 3.8) is 0 Å². The third kappa shape index (κ3) is 1.79. The Labute approximate surface area is 123 Å². The normalized spacial score (nSPS) is 17.0. The number of phenolic OH excluding ortho intramolecular Hbond substituents is 2. The first kappa shape index (κ1) is 12.3. The second-order valence-electron chi connectivity index (χ2n) is 5.68. The van der Waals surface area contributed by atoms with Crippen molar-refractivity contribution < 1.29 is 10.2 Å². The lowest BCUT2D eigenvalue weighted by molar-refractivity contribution is 0.397. The second kappa shape index (κ2) is 4.52. The number of aryl methyl sites for hydroxylation is 1. The van der Waals surface area contributed by atoms with Crippen molar-refractivity contribution in [3.05, 3.63) is 71.3 Å². The third-order valence-electron chi connectivity index (χ3n) is 4.50. The van der Waals surface area contributed by atoms with Crippen molar-refractivity contribution in [2.75, 3.05) is 0 Å². The van der Waals surface area contributed by atoms with Gasteiger partial charge in [0.15, 0.2) is 11.5 Å². The third-order valence-corrected chi connectivity index (χ3v) is 4.50. The van der Waals surface area contributed by atoms with E-state index in [1.807, 2.05) is 30.3 Å². The van der Waals surface area contributed by atoms with Gasteiger partial charge in [-0.25, -0.2) is 0 Å². The molecular formula is C19H16O2. The molecule has 0 fully saturated rings. The summed E-state index contributed by atoms with van der Waals surface area (Å²) < 4.78 is 0. The highest BCUT2D eigenvalue weighted by atomic mass is 16.3. The lowest BCUT2D eigenvalue weighted by Crippen LogP contribution is -2.10. The molecule has 1 aliphatic rings. The molecule has 0 saturated heterocycles. The van der Waals surface area contributed by atoms with E-state index in [0.717, 1.165) is 29.2 Å². The molecule has 0 radical (unpaired) electrons. The SMILES string of the molecule is Oc1cc2cccc3c2c(c1O)[C@@H](c1ccccc1)CC3. The van der Waals surface area contributed by atoms with Gasteiger partial charge >= 0.3 is 0 Å². The molecule has 0 amide bonds. The maximum absolute atomic E-state index is 10.4. The van der Waals surface area contributed by atoms with E-state index in [-0.39, 0.29) is 17.4 Å². The molecule has 0 aromatic heterocycles. The Bertz CT molecular complexity index is 822. The first-order valence-corrected chi connectivity index (χ1v) is 7.27. The van der Waals surface area contributed by atoms with Crippen molar-refractivity contribution in [3.8, 4) is 11.5 Å². The number of hydrogen-bond donors (Lipinski definition) is 2. The molecule has 0 bridgehead atoms. The monoisotopic (exact) mass is 276 g/mol. The zero-order chi connectivity index (χ0) is 14.4. The molecule has 104 valence electrons. The van der Waals surface area contributed by atoms with Crippen LogP contribution in [0.3, 0.4) is 0 Å². The minimum atomic E-state index is -0.0301. The van der Waals surface area contributed by atoms with Gasteiger partial charge in [-0.05, 0) is 40.8 Å². The topological polar surface area (TPSA) is 40.5 Å². The zero-order valence-corrected chi connectivity index (χ0v) is 11.6. The zero-order valence-electron chi connectivity index (χ0n) is 11.6. The van der Waals surface area contributed by atoms with Crippen LogP contribution in [-0.4, -0.2) is 10.2 Å². The molecule has 0 aliphatic heterocycles. The van der Waals surface area contributed by atoms with Gasteiger partial charge in [-0.3, -0.25) is 0 Å². The van der Waals surface area contributed by atoms with Gasteiger partial charge in [0.2, 0.25) is 0 Å². The maximum atomic E-state index is 10.4. The Kier molecular flexibility index (Phi) is 2.64. The quantitative estimate of drug-likeness (QED) is 0.649. The molecule has 4 rings (SSSR count). The molecule has 0 spiro atoms. The summed E-state index contributed by atoms with van der Waals surface area (Å²) in [6.07, 6.45) is 1.95. The molecular weight excluding hydrogens is 260 g/mol. The summed E-state index contributed by atoms with van der Waals surface area (Å²) in [6.45, 7) is 0. The molecule has 0 saturated carbocycles. The average molecular weight is 276 g/mol. The van der Waals surface area contributed by atoms with Crippen LogP contribution in [0.5, 0.6) is 11.5 Å². The Hall–Kier alpha value is -2.48. The molecule has 21 heavy (non-hydrogen) atoms. The van der Waals surface area contributed by atoms with Gasteiger partial charge in [0, 0.05) is 11.5 Å². The van der Waals surface area contributed by atoms with Crippen LogP contribution >= 0.6 is 0 Å². The van der Waals surface area contributed by atoms with Crippen LogP contribution in [0.25, 0.3) is 10.8 Å². The summed E-state index contributed by atoms with van der Waals surface area (Å²) in [6, 6.07) is 18.0. The maximum Gasteiger partial charge on any atom is 0.161 e. The first-order chi connectivity index (χ1) is 10.3. The van der Waals surface area contributed by atoms with Gasteiger partial charge in [0.1, 0.15) is 0 Å². The summed E-state index contributed by atoms with van der Waals surface area (Å²) in [5, 5.41) is 22.6. The molecule has 1 atom stereocenters. The summed E-state index contributed by atoms with van der Waals surface area (Å²) in [4.78, 5) is 0. The van der Waals surface area contributed by atoms with E-state index in [4.69, 9.17) is 0 Å². The highest BCUT2D eigenvalue weighted by Gasteiger charge is 2.27. The number of benzene rings is 3. The fourth-order valence-corrected chi connectivity index (χ4v) is 3.55. The van der Waals surface area contributed by atoms with Gasteiger partial charge in [0.05, 0.1) is 0 Å². The fourth-order valence-electron chi connectivity index (χ4n) is 3.55. The van der Waals surface area contributed by atoms with Gasteiger partial charge < -0.3 is 10.2 Å². The largest absolute Gasteiger partial charge is 0.504 e. The number of rotatable bonds is 1. The Balaban J connectivity index is 2.06. The minimum Gasteiger partial charge on any atom is -0.504 e. The van der Waals surface area contributed by atoms with Crippen LogP contribution in [-0.2, 0) is 6.42 Å². The Morgan fingerprint density at radius 1 is 0.905 bits per heavy atom. The van der Waals surface area contributed by atoms with Crippen LogP contribution in [0, 0.1) is 0 Å². The van der Waals surface area contributed by atoms with Gasteiger partial charge in [-0.15, -0.1) is 0 Å². The number of aromatic hydroxyl groups is 2.